The topological polar surface area (TPSA) is 49.3 Å². The molecule has 7 heteroatoms. The van der Waals surface area contributed by atoms with Crippen LogP contribution in [-0.2, 0) is 5.60 Å². The molecule has 0 bridgehead atoms. The molecule has 0 fully saturated rings. The van der Waals surface area contributed by atoms with E-state index in [4.69, 9.17) is 0 Å². The Morgan fingerprint density at radius 3 is 2.26 bits per heavy atom. The quantitative estimate of drug-likeness (QED) is 0.849. The lowest BCUT2D eigenvalue weighted by Gasteiger charge is -2.24. The summed E-state index contributed by atoms with van der Waals surface area (Å²) in [6.45, 7) is 0.656. The van der Waals surface area contributed by atoms with Gasteiger partial charge in [-0.1, -0.05) is 12.1 Å². The van der Waals surface area contributed by atoms with Crippen LogP contribution in [0.3, 0.4) is 0 Å². The molecule has 2 rings (SSSR count). The number of halogens is 4. The van der Waals surface area contributed by atoms with Gasteiger partial charge in [0.2, 0.25) is 0 Å². The van der Waals surface area contributed by atoms with Crippen molar-refractivity contribution in [1.29, 1.82) is 0 Å². The van der Waals surface area contributed by atoms with Gasteiger partial charge >= 0.3 is 0 Å². The Kier molecular flexibility index (Phi) is 4.70. The normalized spacial score (nSPS) is 13.5. The molecule has 0 aromatic heterocycles. The van der Waals surface area contributed by atoms with E-state index in [1.54, 1.807) is 0 Å². The SMILES string of the molecule is CC(O)(CNC(=O)c1c(F)cccc1F)c1ccc(F)cc1F. The van der Waals surface area contributed by atoms with Crippen molar-refractivity contribution >= 4 is 5.91 Å². The largest absolute Gasteiger partial charge is 0.383 e. The molecule has 23 heavy (non-hydrogen) atoms. The first-order chi connectivity index (χ1) is 10.7. The molecular weight excluding hydrogens is 314 g/mol. The molecule has 0 aliphatic rings. The number of aliphatic hydroxyl groups is 1. The van der Waals surface area contributed by atoms with Gasteiger partial charge in [-0.15, -0.1) is 0 Å². The average Bonchev–Trinajstić information content (AvgIpc) is 2.44. The van der Waals surface area contributed by atoms with Gasteiger partial charge in [-0.3, -0.25) is 4.79 Å². The molecule has 1 unspecified atom stereocenters. The molecule has 0 saturated carbocycles. The maximum absolute atomic E-state index is 13.7. The van der Waals surface area contributed by atoms with Crippen molar-refractivity contribution in [2.45, 2.75) is 12.5 Å². The first kappa shape index (κ1) is 17.0. The summed E-state index contributed by atoms with van der Waals surface area (Å²) in [7, 11) is 0. The predicted octanol–water partition coefficient (Wildman–Crippen LogP) is 2.88. The molecule has 3 nitrogen and oxygen atoms in total. The van der Waals surface area contributed by atoms with Crippen molar-refractivity contribution in [3.63, 3.8) is 0 Å². The summed E-state index contributed by atoms with van der Waals surface area (Å²) in [6.07, 6.45) is 0. The highest BCUT2D eigenvalue weighted by Crippen LogP contribution is 2.24. The van der Waals surface area contributed by atoms with E-state index in [0.717, 1.165) is 30.3 Å². The average molecular weight is 327 g/mol. The van der Waals surface area contributed by atoms with E-state index in [1.165, 1.54) is 6.92 Å². The molecule has 2 aromatic rings. The lowest BCUT2D eigenvalue weighted by Crippen LogP contribution is -2.39. The minimum Gasteiger partial charge on any atom is -0.383 e. The van der Waals surface area contributed by atoms with Crippen LogP contribution in [0.4, 0.5) is 17.6 Å². The van der Waals surface area contributed by atoms with E-state index >= 15 is 0 Å². The molecule has 0 aliphatic heterocycles. The van der Waals surface area contributed by atoms with Crippen LogP contribution in [0.2, 0.25) is 0 Å². The third kappa shape index (κ3) is 3.68. The van der Waals surface area contributed by atoms with Gasteiger partial charge in [-0.05, 0) is 25.1 Å². The van der Waals surface area contributed by atoms with Gasteiger partial charge in [0, 0.05) is 11.6 Å². The number of benzene rings is 2. The monoisotopic (exact) mass is 327 g/mol. The van der Waals surface area contributed by atoms with Gasteiger partial charge < -0.3 is 10.4 Å². The molecule has 0 radical (unpaired) electrons. The van der Waals surface area contributed by atoms with Crippen LogP contribution in [0.5, 0.6) is 0 Å². The smallest absolute Gasteiger partial charge is 0.257 e. The van der Waals surface area contributed by atoms with Crippen molar-refractivity contribution in [2.24, 2.45) is 0 Å². The van der Waals surface area contributed by atoms with Gasteiger partial charge in [0.25, 0.3) is 5.91 Å². The summed E-state index contributed by atoms with van der Waals surface area (Å²) in [5.74, 6) is -5.03. The summed E-state index contributed by atoms with van der Waals surface area (Å²) in [6, 6.07) is 5.49. The van der Waals surface area contributed by atoms with Crippen LogP contribution >= 0.6 is 0 Å². The maximum Gasteiger partial charge on any atom is 0.257 e. The van der Waals surface area contributed by atoms with Crippen LogP contribution in [-0.4, -0.2) is 17.6 Å². The number of carbonyl (C=O) groups is 1. The Morgan fingerprint density at radius 2 is 1.70 bits per heavy atom. The number of carbonyl (C=O) groups excluding carboxylic acids is 1. The molecule has 0 aliphatic carbocycles. The number of hydrogen-bond donors (Lipinski definition) is 2. The summed E-state index contributed by atoms with van der Waals surface area (Å²) < 4.78 is 53.5. The van der Waals surface area contributed by atoms with E-state index in [1.807, 2.05) is 0 Å². The van der Waals surface area contributed by atoms with E-state index < -0.39 is 46.9 Å². The molecule has 0 heterocycles. The molecule has 2 aromatic carbocycles. The van der Waals surface area contributed by atoms with Crippen LogP contribution in [0, 0.1) is 23.3 Å². The van der Waals surface area contributed by atoms with Crippen LogP contribution in [0.15, 0.2) is 36.4 Å². The number of hydrogen-bond acceptors (Lipinski definition) is 2. The summed E-state index contributed by atoms with van der Waals surface area (Å²) in [5.41, 5.74) is -2.95. The Labute approximate surface area is 129 Å². The zero-order valence-corrected chi connectivity index (χ0v) is 12.0. The lowest BCUT2D eigenvalue weighted by molar-refractivity contribution is 0.0492. The fourth-order valence-electron chi connectivity index (χ4n) is 2.08. The molecule has 1 atom stereocenters. The summed E-state index contributed by atoms with van der Waals surface area (Å²) in [5, 5.41) is 12.4. The lowest BCUT2D eigenvalue weighted by atomic mass is 9.95. The molecule has 0 saturated heterocycles. The molecule has 2 N–H and O–H groups in total. The first-order valence-corrected chi connectivity index (χ1v) is 6.62. The minimum absolute atomic E-state index is 0.256. The zero-order valence-electron chi connectivity index (χ0n) is 12.0. The van der Waals surface area contributed by atoms with E-state index in [2.05, 4.69) is 5.32 Å². The third-order valence-corrected chi connectivity index (χ3v) is 3.29. The Hall–Kier alpha value is -2.41. The van der Waals surface area contributed by atoms with Gasteiger partial charge in [0.15, 0.2) is 0 Å². The highest BCUT2D eigenvalue weighted by Gasteiger charge is 2.28. The van der Waals surface area contributed by atoms with Gasteiger partial charge in [0.05, 0.1) is 6.54 Å². The predicted molar refractivity (Wildman–Crippen MR) is 74.6 cm³/mol. The van der Waals surface area contributed by atoms with Crippen molar-refractivity contribution in [3.05, 3.63) is 70.8 Å². The van der Waals surface area contributed by atoms with Crippen LogP contribution < -0.4 is 5.32 Å². The minimum atomic E-state index is -1.89. The second-order valence-corrected chi connectivity index (χ2v) is 5.18. The van der Waals surface area contributed by atoms with Gasteiger partial charge in [-0.25, -0.2) is 17.6 Å². The Balaban J connectivity index is 2.17. The second-order valence-electron chi connectivity index (χ2n) is 5.18. The van der Waals surface area contributed by atoms with Crippen LogP contribution in [0.1, 0.15) is 22.8 Å². The zero-order chi connectivity index (χ0) is 17.2. The molecule has 122 valence electrons. The standard InChI is InChI=1S/C16H13F4NO2/c1-16(23,10-6-5-9(17)7-13(10)20)8-21-15(22)14-11(18)3-2-4-12(14)19/h2-7,23H,8H2,1H3,(H,21,22). The maximum atomic E-state index is 13.7. The fraction of sp³-hybridized carbons (Fsp3) is 0.188. The van der Waals surface area contributed by atoms with Crippen molar-refractivity contribution in [3.8, 4) is 0 Å². The second kappa shape index (κ2) is 6.37. The van der Waals surface area contributed by atoms with Crippen LogP contribution in [0.25, 0.3) is 0 Å². The molecule has 0 spiro atoms. The van der Waals surface area contributed by atoms with Gasteiger partial charge in [-0.2, -0.15) is 0 Å². The number of rotatable bonds is 4. The highest BCUT2D eigenvalue weighted by molar-refractivity contribution is 5.94. The Bertz CT molecular complexity index is 727. The molecular formula is C16H13F4NO2. The number of nitrogens with one attached hydrogen (secondary N) is 1. The molecule has 1 amide bonds. The fourth-order valence-corrected chi connectivity index (χ4v) is 2.08. The summed E-state index contributed by atoms with van der Waals surface area (Å²) >= 11 is 0. The van der Waals surface area contributed by atoms with Gasteiger partial charge in [0.1, 0.15) is 34.4 Å². The van der Waals surface area contributed by atoms with Crippen molar-refractivity contribution < 1.29 is 27.5 Å². The first-order valence-electron chi connectivity index (χ1n) is 6.62. The highest BCUT2D eigenvalue weighted by atomic mass is 19.1. The van der Waals surface area contributed by atoms with Crippen molar-refractivity contribution in [1.82, 2.24) is 5.32 Å². The third-order valence-electron chi connectivity index (χ3n) is 3.29. The number of amides is 1. The Morgan fingerprint density at radius 1 is 1.09 bits per heavy atom. The summed E-state index contributed by atoms with van der Waals surface area (Å²) in [4.78, 5) is 11.8. The van der Waals surface area contributed by atoms with E-state index in [-0.39, 0.29) is 5.56 Å². The van der Waals surface area contributed by atoms with E-state index in [9.17, 15) is 27.5 Å². The van der Waals surface area contributed by atoms with Crippen molar-refractivity contribution in [2.75, 3.05) is 6.54 Å². The van der Waals surface area contributed by atoms with E-state index in [0.29, 0.717) is 6.07 Å².